The van der Waals surface area contributed by atoms with Crippen molar-refractivity contribution in [1.82, 2.24) is 15.5 Å². The monoisotopic (exact) mass is 413 g/mol. The normalized spacial score (nSPS) is 11.8. The number of nitrogens with zero attached hydrogens (tertiary/aromatic N) is 2. The van der Waals surface area contributed by atoms with Gasteiger partial charge in [0.15, 0.2) is 5.82 Å². The molecule has 156 valence electrons. The van der Waals surface area contributed by atoms with Crippen LogP contribution >= 0.6 is 0 Å². The number of aromatic nitrogens is 2. The number of amides is 1. The van der Waals surface area contributed by atoms with E-state index in [1.54, 1.807) is 6.07 Å². The maximum absolute atomic E-state index is 12.4. The van der Waals surface area contributed by atoms with Crippen molar-refractivity contribution in [2.24, 2.45) is 0 Å². The van der Waals surface area contributed by atoms with Gasteiger partial charge in [0, 0.05) is 0 Å². The Morgan fingerprint density at radius 2 is 1.71 bits per heavy atom. The Bertz CT molecular complexity index is 1160. The van der Waals surface area contributed by atoms with E-state index in [0.29, 0.717) is 5.56 Å². The lowest BCUT2D eigenvalue weighted by Gasteiger charge is -2.13. The molecule has 0 radical (unpaired) electrons. The van der Waals surface area contributed by atoms with Crippen LogP contribution < -0.4 is 5.32 Å². The van der Waals surface area contributed by atoms with Crippen molar-refractivity contribution in [3.63, 3.8) is 0 Å². The first-order chi connectivity index (χ1) is 15.1. The highest BCUT2D eigenvalue weighted by Gasteiger charge is 2.17. The molecular weight excluding hydrogens is 390 g/mol. The van der Waals surface area contributed by atoms with Crippen molar-refractivity contribution in [2.75, 3.05) is 0 Å². The highest BCUT2D eigenvalue weighted by Crippen LogP contribution is 2.29. The number of rotatable bonds is 7. The van der Waals surface area contributed by atoms with Gasteiger partial charge < -0.3 is 14.9 Å². The molecule has 3 aromatic carbocycles. The van der Waals surface area contributed by atoms with Gasteiger partial charge in [-0.3, -0.25) is 4.79 Å². The Hall–Kier alpha value is -3.93. The van der Waals surface area contributed by atoms with Crippen LogP contribution in [0, 0.1) is 0 Å². The summed E-state index contributed by atoms with van der Waals surface area (Å²) < 4.78 is 5.33. The van der Waals surface area contributed by atoms with Gasteiger partial charge in [0.2, 0.25) is 5.91 Å². The largest absolute Gasteiger partial charge is 0.507 e. The molecule has 6 heteroatoms. The Morgan fingerprint density at radius 3 is 2.45 bits per heavy atom. The average molecular weight is 413 g/mol. The minimum atomic E-state index is -0.203. The molecule has 4 aromatic rings. The van der Waals surface area contributed by atoms with E-state index in [0.717, 1.165) is 23.1 Å². The molecule has 1 unspecified atom stereocenters. The zero-order valence-corrected chi connectivity index (χ0v) is 17.2. The van der Waals surface area contributed by atoms with E-state index in [1.165, 1.54) is 0 Å². The number of hydrogen-bond donors (Lipinski definition) is 2. The second-order valence-corrected chi connectivity index (χ2v) is 7.41. The van der Waals surface area contributed by atoms with E-state index in [2.05, 4.69) is 15.5 Å². The smallest absolute Gasteiger partial charge is 0.261 e. The standard InChI is InChI=1S/C25H23N3O3/c1-17(20-10-6-3-7-11-20)26-24(30)16-23-27-25(31-28-23)21-15-19(12-13-22(21)29)14-18-8-4-2-5-9-18/h2-13,15,17,29H,14,16H2,1H3,(H,26,30). The molecule has 0 saturated heterocycles. The minimum Gasteiger partial charge on any atom is -0.507 e. The molecule has 0 spiro atoms. The van der Waals surface area contributed by atoms with Crippen LogP contribution in [0.5, 0.6) is 5.75 Å². The van der Waals surface area contributed by atoms with Gasteiger partial charge in [-0.05, 0) is 42.2 Å². The van der Waals surface area contributed by atoms with Gasteiger partial charge in [-0.25, -0.2) is 0 Å². The van der Waals surface area contributed by atoms with Gasteiger partial charge in [-0.1, -0.05) is 71.9 Å². The molecule has 0 aliphatic rings. The highest BCUT2D eigenvalue weighted by molar-refractivity contribution is 5.78. The molecular formula is C25H23N3O3. The molecule has 1 atom stereocenters. The molecule has 1 amide bonds. The van der Waals surface area contributed by atoms with Crippen LogP contribution in [0.3, 0.4) is 0 Å². The molecule has 0 saturated carbocycles. The summed E-state index contributed by atoms with van der Waals surface area (Å²) in [4.78, 5) is 16.7. The van der Waals surface area contributed by atoms with Crippen molar-refractivity contribution < 1.29 is 14.4 Å². The number of carbonyl (C=O) groups excluding carboxylic acids is 1. The fraction of sp³-hybridized carbons (Fsp3) is 0.160. The van der Waals surface area contributed by atoms with E-state index in [9.17, 15) is 9.90 Å². The number of phenols is 1. The van der Waals surface area contributed by atoms with Gasteiger partial charge in [-0.15, -0.1) is 0 Å². The third-order valence-corrected chi connectivity index (χ3v) is 5.01. The Labute approximate surface area is 180 Å². The summed E-state index contributed by atoms with van der Waals surface area (Å²) >= 11 is 0. The van der Waals surface area contributed by atoms with E-state index >= 15 is 0 Å². The summed E-state index contributed by atoms with van der Waals surface area (Å²) in [5.74, 6) is 0.298. The van der Waals surface area contributed by atoms with Crippen molar-refractivity contribution in [1.29, 1.82) is 0 Å². The van der Waals surface area contributed by atoms with Crippen molar-refractivity contribution >= 4 is 5.91 Å². The summed E-state index contributed by atoms with van der Waals surface area (Å²) in [6.07, 6.45) is 0.708. The lowest BCUT2D eigenvalue weighted by atomic mass is 10.0. The number of carbonyl (C=O) groups is 1. The Balaban J connectivity index is 1.44. The van der Waals surface area contributed by atoms with Crippen LogP contribution in [-0.2, 0) is 17.6 Å². The summed E-state index contributed by atoms with van der Waals surface area (Å²) in [5.41, 5.74) is 3.64. The average Bonchev–Trinajstić information content (AvgIpc) is 3.24. The fourth-order valence-corrected chi connectivity index (χ4v) is 3.39. The van der Waals surface area contributed by atoms with Crippen LogP contribution in [0.15, 0.2) is 83.4 Å². The molecule has 0 aliphatic carbocycles. The molecule has 4 rings (SSSR count). The van der Waals surface area contributed by atoms with Gasteiger partial charge in [0.1, 0.15) is 5.75 Å². The number of benzene rings is 3. The molecule has 1 aromatic heterocycles. The van der Waals surface area contributed by atoms with Crippen molar-refractivity contribution in [3.8, 4) is 17.2 Å². The summed E-state index contributed by atoms with van der Waals surface area (Å²) in [6, 6.07) is 25.0. The number of nitrogens with one attached hydrogen (secondary N) is 1. The quantitative estimate of drug-likeness (QED) is 0.467. The van der Waals surface area contributed by atoms with Crippen LogP contribution in [0.4, 0.5) is 0 Å². The first-order valence-electron chi connectivity index (χ1n) is 10.1. The van der Waals surface area contributed by atoms with Gasteiger partial charge in [0.25, 0.3) is 5.89 Å². The lowest BCUT2D eigenvalue weighted by molar-refractivity contribution is -0.121. The van der Waals surface area contributed by atoms with E-state index in [1.807, 2.05) is 79.7 Å². The third-order valence-electron chi connectivity index (χ3n) is 5.01. The molecule has 0 bridgehead atoms. The van der Waals surface area contributed by atoms with Crippen molar-refractivity contribution in [2.45, 2.75) is 25.8 Å². The van der Waals surface area contributed by atoms with Crippen LogP contribution in [0.2, 0.25) is 0 Å². The van der Waals surface area contributed by atoms with Gasteiger partial charge in [-0.2, -0.15) is 4.98 Å². The summed E-state index contributed by atoms with van der Waals surface area (Å²) in [6.45, 7) is 1.92. The highest BCUT2D eigenvalue weighted by atomic mass is 16.5. The molecule has 1 heterocycles. The lowest BCUT2D eigenvalue weighted by Crippen LogP contribution is -2.28. The maximum Gasteiger partial charge on any atom is 0.261 e. The maximum atomic E-state index is 12.4. The zero-order valence-electron chi connectivity index (χ0n) is 17.2. The minimum absolute atomic E-state index is 0.00879. The SMILES string of the molecule is CC(NC(=O)Cc1noc(-c2cc(Cc3ccccc3)ccc2O)n1)c1ccccc1. The molecule has 0 fully saturated rings. The third kappa shape index (κ3) is 5.17. The van der Waals surface area contributed by atoms with Gasteiger partial charge >= 0.3 is 0 Å². The second-order valence-electron chi connectivity index (χ2n) is 7.41. The van der Waals surface area contributed by atoms with Crippen molar-refractivity contribution in [3.05, 3.63) is 101 Å². The van der Waals surface area contributed by atoms with E-state index in [4.69, 9.17) is 4.52 Å². The number of phenolic OH excluding ortho intramolecular Hbond substituents is 1. The summed E-state index contributed by atoms with van der Waals surface area (Å²) in [7, 11) is 0. The fourth-order valence-electron chi connectivity index (χ4n) is 3.39. The zero-order chi connectivity index (χ0) is 21.6. The molecule has 2 N–H and O–H groups in total. The number of hydrogen-bond acceptors (Lipinski definition) is 5. The van der Waals surface area contributed by atoms with E-state index < -0.39 is 0 Å². The van der Waals surface area contributed by atoms with Crippen LogP contribution in [-0.4, -0.2) is 21.2 Å². The molecule has 31 heavy (non-hydrogen) atoms. The molecule has 0 aliphatic heterocycles. The Kier molecular flexibility index (Phi) is 6.08. The molecule has 6 nitrogen and oxygen atoms in total. The van der Waals surface area contributed by atoms with E-state index in [-0.39, 0.29) is 35.8 Å². The number of aromatic hydroxyl groups is 1. The second kappa shape index (κ2) is 9.26. The summed E-state index contributed by atoms with van der Waals surface area (Å²) in [5, 5.41) is 17.1. The van der Waals surface area contributed by atoms with Crippen LogP contribution in [0.25, 0.3) is 11.5 Å². The topological polar surface area (TPSA) is 88.2 Å². The van der Waals surface area contributed by atoms with Crippen LogP contribution in [0.1, 0.15) is 35.5 Å². The predicted octanol–water partition coefficient (Wildman–Crippen LogP) is 4.45. The predicted molar refractivity (Wildman–Crippen MR) is 117 cm³/mol. The first-order valence-corrected chi connectivity index (χ1v) is 10.1. The first kappa shape index (κ1) is 20.3. The Morgan fingerprint density at radius 1 is 1.00 bits per heavy atom. The van der Waals surface area contributed by atoms with Gasteiger partial charge in [0.05, 0.1) is 18.0 Å².